The van der Waals surface area contributed by atoms with Crippen LogP contribution in [0.4, 0.5) is 4.39 Å². The Labute approximate surface area is 103 Å². The zero-order chi connectivity index (χ0) is 12.4. The Bertz CT molecular complexity index is 529. The molecule has 0 spiro atoms. The van der Waals surface area contributed by atoms with E-state index in [1.54, 1.807) is 0 Å². The predicted octanol–water partition coefficient (Wildman–Crippen LogP) is 2.47. The molecule has 0 bridgehead atoms. The van der Waals surface area contributed by atoms with Gasteiger partial charge in [0, 0.05) is 11.4 Å². The average Bonchev–Trinajstić information content (AvgIpc) is 2.76. The highest BCUT2D eigenvalue weighted by Gasteiger charge is 2.18. The molecule has 4 nitrogen and oxygen atoms in total. The molecule has 0 amide bonds. The minimum atomic E-state index is -0.618. The summed E-state index contributed by atoms with van der Waals surface area (Å²) in [6.45, 7) is 1.90. The largest absolute Gasteiger partial charge is 0.339 e. The summed E-state index contributed by atoms with van der Waals surface area (Å²) in [5, 5.41) is 4.01. The number of hydrogen-bond acceptors (Lipinski definition) is 4. The maximum atomic E-state index is 12.9. The van der Waals surface area contributed by atoms with E-state index in [0.717, 1.165) is 0 Å². The van der Waals surface area contributed by atoms with E-state index in [4.69, 9.17) is 21.9 Å². The third-order valence-corrected chi connectivity index (χ3v) is 2.69. The Morgan fingerprint density at radius 3 is 2.88 bits per heavy atom. The van der Waals surface area contributed by atoms with Crippen LogP contribution in [0, 0.1) is 5.82 Å². The van der Waals surface area contributed by atoms with Crippen molar-refractivity contribution in [2.24, 2.45) is 5.73 Å². The summed E-state index contributed by atoms with van der Waals surface area (Å²) >= 11 is 5.91. The second-order valence-corrected chi connectivity index (χ2v) is 3.95. The van der Waals surface area contributed by atoms with Crippen molar-refractivity contribution in [1.82, 2.24) is 10.1 Å². The fraction of sp³-hybridized carbons (Fsp3) is 0.273. The van der Waals surface area contributed by atoms with Gasteiger partial charge in [0.25, 0.3) is 0 Å². The minimum absolute atomic E-state index is 0.250. The average molecular weight is 256 g/mol. The minimum Gasteiger partial charge on any atom is -0.339 e. The van der Waals surface area contributed by atoms with E-state index in [1.165, 1.54) is 18.2 Å². The number of benzene rings is 1. The molecule has 6 heteroatoms. The molecule has 1 aromatic carbocycles. The fourth-order valence-corrected chi connectivity index (χ4v) is 1.72. The van der Waals surface area contributed by atoms with Crippen molar-refractivity contribution in [1.29, 1.82) is 0 Å². The summed E-state index contributed by atoms with van der Waals surface area (Å²) in [5.74, 6) is 0.442. The van der Waals surface area contributed by atoms with E-state index in [-0.39, 0.29) is 5.02 Å². The number of nitrogens with zero attached hydrogens (tertiary/aromatic N) is 2. The number of nitrogens with two attached hydrogens (primary N) is 1. The molecule has 2 rings (SSSR count). The number of halogens is 2. The molecular formula is C11H11ClFN3O. The first-order valence-electron chi connectivity index (χ1n) is 5.14. The summed E-state index contributed by atoms with van der Waals surface area (Å²) < 4.78 is 17.9. The van der Waals surface area contributed by atoms with Gasteiger partial charge in [-0.2, -0.15) is 4.98 Å². The Morgan fingerprint density at radius 1 is 1.53 bits per heavy atom. The van der Waals surface area contributed by atoms with Crippen molar-refractivity contribution in [2.75, 3.05) is 0 Å². The summed E-state index contributed by atoms with van der Waals surface area (Å²) in [6.07, 6.45) is 0.636. The first kappa shape index (κ1) is 12.0. The molecule has 0 fully saturated rings. The fourth-order valence-electron chi connectivity index (χ4n) is 1.43. The van der Waals surface area contributed by atoms with Crippen LogP contribution in [0.2, 0.25) is 5.02 Å². The van der Waals surface area contributed by atoms with E-state index in [9.17, 15) is 4.39 Å². The van der Waals surface area contributed by atoms with Crippen molar-refractivity contribution < 1.29 is 8.91 Å². The quantitative estimate of drug-likeness (QED) is 0.915. The standard InChI is InChI=1S/C11H11ClFN3O/c1-2-9-15-11(16-17-9)10(14)7-4-3-6(13)5-8(7)12/h3-5,10H,2,14H2,1H3. The van der Waals surface area contributed by atoms with Crippen LogP contribution in [0.1, 0.15) is 30.2 Å². The molecule has 1 heterocycles. The van der Waals surface area contributed by atoms with E-state index in [0.29, 0.717) is 23.7 Å². The van der Waals surface area contributed by atoms with Gasteiger partial charge in [-0.15, -0.1) is 0 Å². The van der Waals surface area contributed by atoms with Crippen molar-refractivity contribution >= 4 is 11.6 Å². The second kappa shape index (κ2) is 4.81. The molecule has 17 heavy (non-hydrogen) atoms. The number of rotatable bonds is 3. The van der Waals surface area contributed by atoms with Gasteiger partial charge < -0.3 is 10.3 Å². The van der Waals surface area contributed by atoms with Crippen LogP contribution in [0.15, 0.2) is 22.7 Å². The van der Waals surface area contributed by atoms with Crippen LogP contribution < -0.4 is 5.73 Å². The first-order valence-corrected chi connectivity index (χ1v) is 5.52. The van der Waals surface area contributed by atoms with Crippen LogP contribution in [-0.4, -0.2) is 10.1 Å². The van der Waals surface area contributed by atoms with Crippen LogP contribution in [-0.2, 0) is 6.42 Å². The normalized spacial score (nSPS) is 12.7. The van der Waals surface area contributed by atoms with Gasteiger partial charge in [0.1, 0.15) is 5.82 Å². The van der Waals surface area contributed by atoms with Gasteiger partial charge in [0.15, 0.2) is 5.82 Å². The maximum Gasteiger partial charge on any atom is 0.226 e. The molecule has 1 atom stereocenters. The third kappa shape index (κ3) is 2.45. The van der Waals surface area contributed by atoms with Crippen LogP contribution in [0.5, 0.6) is 0 Å². The highest BCUT2D eigenvalue weighted by atomic mass is 35.5. The van der Waals surface area contributed by atoms with E-state index >= 15 is 0 Å². The third-order valence-electron chi connectivity index (χ3n) is 2.36. The smallest absolute Gasteiger partial charge is 0.226 e. The van der Waals surface area contributed by atoms with Crippen molar-refractivity contribution in [3.8, 4) is 0 Å². The lowest BCUT2D eigenvalue weighted by molar-refractivity contribution is 0.375. The Kier molecular flexibility index (Phi) is 3.40. The lowest BCUT2D eigenvalue weighted by Gasteiger charge is -2.09. The van der Waals surface area contributed by atoms with Crippen molar-refractivity contribution in [2.45, 2.75) is 19.4 Å². The molecule has 90 valence electrons. The van der Waals surface area contributed by atoms with Crippen LogP contribution in [0.25, 0.3) is 0 Å². The lowest BCUT2D eigenvalue weighted by atomic mass is 10.1. The highest BCUT2D eigenvalue weighted by Crippen LogP contribution is 2.25. The second-order valence-electron chi connectivity index (χ2n) is 3.54. The molecule has 0 aliphatic heterocycles. The molecule has 0 aliphatic rings. The number of aromatic nitrogens is 2. The topological polar surface area (TPSA) is 64.9 Å². The molecule has 0 aliphatic carbocycles. The maximum absolute atomic E-state index is 12.9. The monoisotopic (exact) mass is 255 g/mol. The first-order chi connectivity index (χ1) is 8.11. The van der Waals surface area contributed by atoms with Gasteiger partial charge >= 0.3 is 0 Å². The Morgan fingerprint density at radius 2 is 2.29 bits per heavy atom. The van der Waals surface area contributed by atoms with Gasteiger partial charge in [0.2, 0.25) is 5.89 Å². The highest BCUT2D eigenvalue weighted by molar-refractivity contribution is 6.31. The Hall–Kier alpha value is -1.46. The zero-order valence-electron chi connectivity index (χ0n) is 9.15. The lowest BCUT2D eigenvalue weighted by Crippen LogP contribution is -2.14. The van der Waals surface area contributed by atoms with Crippen LogP contribution >= 0.6 is 11.6 Å². The Balaban J connectivity index is 2.33. The van der Waals surface area contributed by atoms with Crippen molar-refractivity contribution in [3.63, 3.8) is 0 Å². The van der Waals surface area contributed by atoms with E-state index < -0.39 is 11.9 Å². The van der Waals surface area contributed by atoms with Gasteiger partial charge in [-0.05, 0) is 17.7 Å². The molecule has 0 saturated carbocycles. The van der Waals surface area contributed by atoms with Gasteiger partial charge in [0.05, 0.1) is 6.04 Å². The predicted molar refractivity (Wildman–Crippen MR) is 61.1 cm³/mol. The van der Waals surface area contributed by atoms with E-state index in [2.05, 4.69) is 10.1 Å². The van der Waals surface area contributed by atoms with Gasteiger partial charge in [-0.3, -0.25) is 0 Å². The molecular weight excluding hydrogens is 245 g/mol. The summed E-state index contributed by atoms with van der Waals surface area (Å²) in [6, 6.07) is 3.40. The summed E-state index contributed by atoms with van der Waals surface area (Å²) in [5.41, 5.74) is 6.51. The summed E-state index contributed by atoms with van der Waals surface area (Å²) in [4.78, 5) is 4.11. The summed E-state index contributed by atoms with van der Waals surface area (Å²) in [7, 11) is 0. The van der Waals surface area contributed by atoms with Gasteiger partial charge in [-0.1, -0.05) is 29.7 Å². The van der Waals surface area contributed by atoms with Gasteiger partial charge in [-0.25, -0.2) is 4.39 Å². The molecule has 2 aromatic rings. The van der Waals surface area contributed by atoms with Crippen LogP contribution in [0.3, 0.4) is 0 Å². The number of aryl methyl sites for hydroxylation is 1. The molecule has 1 aromatic heterocycles. The molecule has 1 unspecified atom stereocenters. The molecule has 2 N–H and O–H groups in total. The van der Waals surface area contributed by atoms with E-state index in [1.807, 2.05) is 6.92 Å². The molecule has 0 radical (unpaired) electrons. The zero-order valence-corrected chi connectivity index (χ0v) is 9.91. The number of hydrogen-bond donors (Lipinski definition) is 1. The SMILES string of the molecule is CCc1nc(C(N)c2ccc(F)cc2Cl)no1. The molecule has 0 saturated heterocycles. The van der Waals surface area contributed by atoms with Crippen molar-refractivity contribution in [3.05, 3.63) is 46.3 Å².